The highest BCUT2D eigenvalue weighted by molar-refractivity contribution is 7.19. The second-order valence-corrected chi connectivity index (χ2v) is 6.71. The molecular weight excluding hydrogens is 361 g/mol. The first-order chi connectivity index (χ1) is 10.8. The Bertz CT molecular complexity index is 825. The van der Waals surface area contributed by atoms with Crippen LogP contribution in [0.1, 0.15) is 18.2 Å². The number of aromatic nitrogens is 2. The Morgan fingerprint density at radius 1 is 1.26 bits per heavy atom. The van der Waals surface area contributed by atoms with E-state index in [0.717, 1.165) is 17.0 Å². The summed E-state index contributed by atoms with van der Waals surface area (Å²) in [5.74, 6) is -1.54. The molecule has 0 saturated heterocycles. The maximum absolute atomic E-state index is 14.3. The van der Waals surface area contributed by atoms with Gasteiger partial charge in [0, 0.05) is 22.1 Å². The molecule has 0 fully saturated rings. The molecule has 0 amide bonds. The van der Waals surface area contributed by atoms with Gasteiger partial charge in [-0.3, -0.25) is 0 Å². The predicted molar refractivity (Wildman–Crippen MR) is 93.2 cm³/mol. The molecule has 2 heterocycles. The fraction of sp³-hybridized carbons (Fsp3) is 0.125. The third kappa shape index (κ3) is 3.86. The number of allylic oxidation sites excluding steroid dienone is 5. The standard InChI is InChI=1S/C16H12Cl2F2N2S/c1-4-10(19)7-11(20)8(2)14-15(9(3)21-22-16(14)18)12-5-6-13(17)23-12/h4-7H,1H2,2-3H3/b10-7+,11-8-. The van der Waals surface area contributed by atoms with Gasteiger partial charge in [0.05, 0.1) is 10.0 Å². The zero-order valence-corrected chi connectivity index (χ0v) is 14.7. The zero-order valence-electron chi connectivity index (χ0n) is 12.3. The fourth-order valence-electron chi connectivity index (χ4n) is 2.00. The molecule has 120 valence electrons. The van der Waals surface area contributed by atoms with E-state index in [4.69, 9.17) is 23.2 Å². The lowest BCUT2D eigenvalue weighted by molar-refractivity contribution is 0.632. The van der Waals surface area contributed by atoms with Gasteiger partial charge in [0.15, 0.2) is 5.15 Å². The summed E-state index contributed by atoms with van der Waals surface area (Å²) in [4.78, 5) is 0.777. The first-order valence-corrected chi connectivity index (χ1v) is 8.07. The van der Waals surface area contributed by atoms with Crippen molar-refractivity contribution in [2.24, 2.45) is 0 Å². The summed E-state index contributed by atoms with van der Waals surface area (Å²) in [5.41, 5.74) is 1.72. The summed E-state index contributed by atoms with van der Waals surface area (Å²) < 4.78 is 28.2. The Hall–Kier alpha value is -1.56. The lowest BCUT2D eigenvalue weighted by Crippen LogP contribution is -1.99. The van der Waals surface area contributed by atoms with Gasteiger partial charge in [0.25, 0.3) is 0 Å². The summed E-state index contributed by atoms with van der Waals surface area (Å²) >= 11 is 13.4. The molecule has 0 aromatic carbocycles. The van der Waals surface area contributed by atoms with Crippen molar-refractivity contribution >= 4 is 40.1 Å². The topological polar surface area (TPSA) is 25.8 Å². The van der Waals surface area contributed by atoms with Crippen molar-refractivity contribution in [2.45, 2.75) is 13.8 Å². The van der Waals surface area contributed by atoms with E-state index < -0.39 is 11.7 Å². The first-order valence-electron chi connectivity index (χ1n) is 6.50. The summed E-state index contributed by atoms with van der Waals surface area (Å²) in [6, 6.07) is 3.52. The van der Waals surface area contributed by atoms with E-state index in [1.165, 1.54) is 18.3 Å². The van der Waals surface area contributed by atoms with Crippen molar-refractivity contribution in [3.63, 3.8) is 0 Å². The van der Waals surface area contributed by atoms with E-state index in [1.54, 1.807) is 19.1 Å². The molecule has 0 N–H and O–H groups in total. The molecule has 0 aliphatic rings. The van der Waals surface area contributed by atoms with Gasteiger partial charge >= 0.3 is 0 Å². The van der Waals surface area contributed by atoms with Crippen molar-refractivity contribution < 1.29 is 8.78 Å². The van der Waals surface area contributed by atoms with Gasteiger partial charge in [-0.2, -0.15) is 5.10 Å². The Labute approximate surface area is 146 Å². The number of aryl methyl sites for hydroxylation is 1. The molecule has 23 heavy (non-hydrogen) atoms. The average Bonchev–Trinajstić information content (AvgIpc) is 2.94. The highest BCUT2D eigenvalue weighted by Gasteiger charge is 2.20. The SMILES string of the molecule is C=C/C(F)=C\C(F)=C(/C)c1c(Cl)nnc(C)c1-c1ccc(Cl)s1. The molecule has 0 unspecified atom stereocenters. The van der Waals surface area contributed by atoms with Crippen molar-refractivity contribution in [3.05, 3.63) is 63.3 Å². The molecule has 0 saturated carbocycles. The summed E-state index contributed by atoms with van der Waals surface area (Å²) in [6.07, 6.45) is 1.67. The van der Waals surface area contributed by atoms with Crippen LogP contribution in [0.25, 0.3) is 16.0 Å². The van der Waals surface area contributed by atoms with Crippen LogP contribution >= 0.6 is 34.5 Å². The van der Waals surface area contributed by atoms with E-state index in [9.17, 15) is 8.78 Å². The highest BCUT2D eigenvalue weighted by Crippen LogP contribution is 2.40. The number of halogens is 4. The van der Waals surface area contributed by atoms with Gasteiger partial charge in [-0.15, -0.1) is 16.4 Å². The van der Waals surface area contributed by atoms with E-state index in [-0.39, 0.29) is 10.7 Å². The third-order valence-corrected chi connectivity index (χ3v) is 4.63. The lowest BCUT2D eigenvalue weighted by atomic mass is 10.00. The normalized spacial score (nSPS) is 13.0. The van der Waals surface area contributed by atoms with Gasteiger partial charge in [0.2, 0.25) is 0 Å². The third-order valence-electron chi connectivity index (χ3n) is 3.12. The van der Waals surface area contributed by atoms with Crippen LogP contribution in [0.3, 0.4) is 0 Å². The van der Waals surface area contributed by atoms with Crippen LogP contribution in [-0.2, 0) is 0 Å². The molecule has 0 bridgehead atoms. The molecule has 2 nitrogen and oxygen atoms in total. The molecule has 2 aromatic rings. The highest BCUT2D eigenvalue weighted by atomic mass is 35.5. The number of nitrogens with zero attached hydrogens (tertiary/aromatic N) is 2. The van der Waals surface area contributed by atoms with Crippen LogP contribution in [0.2, 0.25) is 9.49 Å². The monoisotopic (exact) mass is 372 g/mol. The second kappa shape index (κ2) is 7.34. The molecule has 7 heteroatoms. The lowest BCUT2D eigenvalue weighted by Gasteiger charge is -2.12. The first kappa shape index (κ1) is 17.8. The van der Waals surface area contributed by atoms with Crippen LogP contribution in [0.5, 0.6) is 0 Å². The Morgan fingerprint density at radius 3 is 2.52 bits per heavy atom. The van der Waals surface area contributed by atoms with Crippen LogP contribution in [-0.4, -0.2) is 10.2 Å². The van der Waals surface area contributed by atoms with Crippen molar-refractivity contribution in [2.75, 3.05) is 0 Å². The maximum Gasteiger partial charge on any atom is 0.159 e. The Kier molecular flexibility index (Phi) is 5.68. The van der Waals surface area contributed by atoms with Gasteiger partial charge in [-0.1, -0.05) is 29.8 Å². The quantitative estimate of drug-likeness (QED) is 0.567. The number of hydrogen-bond donors (Lipinski definition) is 0. The minimum absolute atomic E-state index is 0.0372. The van der Waals surface area contributed by atoms with Crippen LogP contribution in [0.15, 0.2) is 42.5 Å². The zero-order chi connectivity index (χ0) is 17.1. The maximum atomic E-state index is 14.3. The molecular formula is C16H12Cl2F2N2S. The number of hydrogen-bond acceptors (Lipinski definition) is 3. The van der Waals surface area contributed by atoms with Crippen molar-refractivity contribution in [3.8, 4) is 10.4 Å². The van der Waals surface area contributed by atoms with Crippen LogP contribution < -0.4 is 0 Å². The second-order valence-electron chi connectivity index (χ2n) is 4.64. The number of thiophene rings is 1. The van der Waals surface area contributed by atoms with Gasteiger partial charge in [-0.25, -0.2) is 8.78 Å². The molecule has 2 aromatic heterocycles. The van der Waals surface area contributed by atoms with Gasteiger partial charge < -0.3 is 0 Å². The van der Waals surface area contributed by atoms with E-state index in [0.29, 0.717) is 21.2 Å². The van der Waals surface area contributed by atoms with E-state index in [1.807, 2.05) is 0 Å². The molecule has 0 spiro atoms. The van der Waals surface area contributed by atoms with Crippen molar-refractivity contribution in [1.29, 1.82) is 0 Å². The smallest absolute Gasteiger partial charge is 0.159 e. The Morgan fingerprint density at radius 2 is 1.96 bits per heavy atom. The number of rotatable bonds is 4. The predicted octanol–water partition coefficient (Wildman–Crippen LogP) is 6.56. The molecule has 0 aliphatic carbocycles. The molecule has 0 atom stereocenters. The molecule has 2 rings (SSSR count). The largest absolute Gasteiger partial charge is 0.207 e. The minimum Gasteiger partial charge on any atom is -0.207 e. The average molecular weight is 373 g/mol. The van der Waals surface area contributed by atoms with Gasteiger partial charge in [0.1, 0.15) is 11.7 Å². The van der Waals surface area contributed by atoms with Crippen LogP contribution in [0.4, 0.5) is 8.78 Å². The summed E-state index contributed by atoms with van der Waals surface area (Å²) in [5, 5.41) is 7.84. The summed E-state index contributed by atoms with van der Waals surface area (Å²) in [7, 11) is 0. The van der Waals surface area contributed by atoms with E-state index in [2.05, 4.69) is 16.8 Å². The van der Waals surface area contributed by atoms with Crippen molar-refractivity contribution in [1.82, 2.24) is 10.2 Å². The Balaban J connectivity index is 2.74. The fourth-order valence-corrected chi connectivity index (χ4v) is 3.42. The minimum atomic E-state index is -0.780. The summed E-state index contributed by atoms with van der Waals surface area (Å²) in [6.45, 7) is 6.49. The molecule has 0 radical (unpaired) electrons. The molecule has 0 aliphatic heterocycles. The van der Waals surface area contributed by atoms with E-state index >= 15 is 0 Å². The van der Waals surface area contributed by atoms with Gasteiger partial charge in [-0.05, 0) is 37.6 Å². The van der Waals surface area contributed by atoms with Crippen LogP contribution in [0, 0.1) is 6.92 Å².